The normalized spacial score (nSPS) is 16.6. The fourth-order valence-electron chi connectivity index (χ4n) is 2.94. The van der Waals surface area contributed by atoms with Crippen LogP contribution in [0.1, 0.15) is 45.4 Å². The molecule has 0 spiro atoms. The first-order valence-electron chi connectivity index (χ1n) is 8.73. The Labute approximate surface area is 143 Å². The van der Waals surface area contributed by atoms with E-state index in [0.29, 0.717) is 4.77 Å². The Hall–Kier alpha value is -1.21. The Morgan fingerprint density at radius 1 is 1.43 bits per heavy atom. The minimum Gasteiger partial charge on any atom is -0.355 e. The molecule has 2 heterocycles. The zero-order chi connectivity index (χ0) is 16.7. The van der Waals surface area contributed by atoms with Gasteiger partial charge in [-0.05, 0) is 63.5 Å². The number of nitrogens with zero attached hydrogens (tertiary/aromatic N) is 3. The van der Waals surface area contributed by atoms with Crippen LogP contribution in [0.4, 0.5) is 0 Å². The topological polar surface area (TPSA) is 66.0 Å². The van der Waals surface area contributed by atoms with Crippen molar-refractivity contribution in [1.82, 2.24) is 25.0 Å². The molecule has 1 fully saturated rings. The van der Waals surface area contributed by atoms with Crippen LogP contribution in [0.5, 0.6) is 0 Å². The first-order valence-corrected chi connectivity index (χ1v) is 9.14. The summed E-state index contributed by atoms with van der Waals surface area (Å²) in [6.45, 7) is 8.85. The van der Waals surface area contributed by atoms with Crippen LogP contribution in [-0.2, 0) is 17.8 Å². The average molecular weight is 340 g/mol. The van der Waals surface area contributed by atoms with Crippen LogP contribution < -0.4 is 5.32 Å². The monoisotopic (exact) mass is 339 g/mol. The van der Waals surface area contributed by atoms with Crippen LogP contribution >= 0.6 is 12.2 Å². The van der Waals surface area contributed by atoms with Crippen molar-refractivity contribution in [3.05, 3.63) is 10.6 Å². The number of aromatic nitrogens is 3. The van der Waals surface area contributed by atoms with E-state index in [4.69, 9.17) is 12.2 Å². The molecule has 0 saturated carbocycles. The molecule has 1 aliphatic rings. The molecular weight excluding hydrogens is 310 g/mol. The van der Waals surface area contributed by atoms with Crippen LogP contribution in [0, 0.1) is 10.7 Å². The molecule has 23 heavy (non-hydrogen) atoms. The molecule has 0 radical (unpaired) electrons. The van der Waals surface area contributed by atoms with Crippen molar-refractivity contribution >= 4 is 18.1 Å². The molecular formula is C16H29N5OS. The fourth-order valence-corrected chi connectivity index (χ4v) is 3.16. The summed E-state index contributed by atoms with van der Waals surface area (Å²) in [5.41, 5.74) is 0. The van der Waals surface area contributed by atoms with Gasteiger partial charge >= 0.3 is 0 Å². The highest BCUT2D eigenvalue weighted by Crippen LogP contribution is 2.15. The molecule has 1 aromatic rings. The number of amides is 1. The molecule has 1 amide bonds. The zero-order valence-electron chi connectivity index (χ0n) is 14.3. The molecule has 0 unspecified atom stereocenters. The van der Waals surface area contributed by atoms with Gasteiger partial charge in [0.15, 0.2) is 4.77 Å². The summed E-state index contributed by atoms with van der Waals surface area (Å²) in [6.07, 6.45) is 5.40. The predicted octanol–water partition coefficient (Wildman–Crippen LogP) is 2.13. The highest BCUT2D eigenvalue weighted by molar-refractivity contribution is 7.71. The molecule has 2 N–H and O–H groups in total. The fraction of sp³-hybridized carbons (Fsp3) is 0.812. The van der Waals surface area contributed by atoms with Crippen LogP contribution in [0.15, 0.2) is 0 Å². The Bertz CT molecular complexity index is 545. The highest BCUT2D eigenvalue weighted by atomic mass is 32.1. The van der Waals surface area contributed by atoms with Crippen molar-refractivity contribution in [2.45, 2.75) is 52.5 Å². The first-order chi connectivity index (χ1) is 11.1. The second kappa shape index (κ2) is 9.17. The molecule has 0 atom stereocenters. The van der Waals surface area contributed by atoms with Crippen molar-refractivity contribution in [3.63, 3.8) is 0 Å². The van der Waals surface area contributed by atoms with Gasteiger partial charge in [-0.1, -0.05) is 13.8 Å². The second-order valence-corrected chi connectivity index (χ2v) is 6.90. The number of nitrogens with one attached hydrogen (secondary N) is 2. The molecule has 6 nitrogen and oxygen atoms in total. The Kier molecular flexibility index (Phi) is 7.23. The number of H-pyrrole nitrogens is 1. The molecule has 1 aromatic heterocycles. The van der Waals surface area contributed by atoms with Crippen LogP contribution in [-0.4, -0.2) is 51.8 Å². The third-order valence-corrected chi connectivity index (χ3v) is 4.77. The highest BCUT2D eigenvalue weighted by Gasteiger charge is 2.15. The Morgan fingerprint density at radius 2 is 2.17 bits per heavy atom. The van der Waals surface area contributed by atoms with E-state index < -0.39 is 0 Å². The maximum Gasteiger partial charge on any atom is 0.240 e. The summed E-state index contributed by atoms with van der Waals surface area (Å²) < 4.78 is 2.31. The summed E-state index contributed by atoms with van der Waals surface area (Å²) in [5.74, 6) is 1.73. The maximum atomic E-state index is 12.1. The smallest absolute Gasteiger partial charge is 0.240 e. The number of carbonyl (C=O) groups is 1. The van der Waals surface area contributed by atoms with Crippen LogP contribution in [0.2, 0.25) is 0 Å². The number of hydrogen-bond acceptors (Lipinski definition) is 4. The van der Waals surface area contributed by atoms with E-state index in [2.05, 4.69) is 34.3 Å². The molecule has 0 aliphatic carbocycles. The number of aryl methyl sites for hydroxylation is 1. The van der Waals surface area contributed by atoms with Gasteiger partial charge in [-0.2, -0.15) is 5.10 Å². The van der Waals surface area contributed by atoms with Gasteiger partial charge in [0.05, 0.1) is 0 Å². The van der Waals surface area contributed by atoms with Gasteiger partial charge in [-0.15, -0.1) is 0 Å². The quantitative estimate of drug-likeness (QED) is 0.562. The molecule has 1 saturated heterocycles. The van der Waals surface area contributed by atoms with Gasteiger partial charge < -0.3 is 10.2 Å². The summed E-state index contributed by atoms with van der Waals surface area (Å²) >= 11 is 5.19. The Balaban J connectivity index is 1.67. The van der Waals surface area contributed by atoms with Gasteiger partial charge in [0.1, 0.15) is 12.4 Å². The van der Waals surface area contributed by atoms with Gasteiger partial charge in [0.25, 0.3) is 0 Å². The Morgan fingerprint density at radius 3 is 2.87 bits per heavy atom. The summed E-state index contributed by atoms with van der Waals surface area (Å²) in [4.78, 5) is 14.6. The van der Waals surface area contributed by atoms with E-state index in [-0.39, 0.29) is 12.5 Å². The van der Waals surface area contributed by atoms with Gasteiger partial charge in [-0.25, -0.2) is 0 Å². The first kappa shape index (κ1) is 18.1. The number of hydrogen-bond donors (Lipinski definition) is 2. The molecule has 2 rings (SSSR count). The van der Waals surface area contributed by atoms with E-state index >= 15 is 0 Å². The van der Waals surface area contributed by atoms with Crippen molar-refractivity contribution in [2.75, 3.05) is 26.2 Å². The van der Waals surface area contributed by atoms with E-state index in [1.54, 1.807) is 4.57 Å². The van der Waals surface area contributed by atoms with E-state index in [0.717, 1.165) is 44.1 Å². The lowest BCUT2D eigenvalue weighted by Crippen LogP contribution is -2.36. The molecule has 130 valence electrons. The van der Waals surface area contributed by atoms with Crippen molar-refractivity contribution in [2.24, 2.45) is 5.92 Å². The van der Waals surface area contributed by atoms with Crippen molar-refractivity contribution in [1.29, 1.82) is 0 Å². The lowest BCUT2D eigenvalue weighted by molar-refractivity contribution is -0.121. The zero-order valence-corrected chi connectivity index (χ0v) is 15.1. The van der Waals surface area contributed by atoms with E-state index in [1.807, 2.05) is 0 Å². The van der Waals surface area contributed by atoms with Gasteiger partial charge in [0, 0.05) is 13.0 Å². The SMILES string of the molecule is CCCc1n[nH]c(=S)n1CC(=O)NCCCN1CCC(C)CC1. The molecule has 7 heteroatoms. The minimum absolute atomic E-state index is 0.00659. The third kappa shape index (κ3) is 5.73. The summed E-state index contributed by atoms with van der Waals surface area (Å²) in [5, 5.41) is 9.94. The summed E-state index contributed by atoms with van der Waals surface area (Å²) in [7, 11) is 0. The molecule has 0 aromatic carbocycles. The number of carbonyl (C=O) groups excluding carboxylic acids is 1. The number of likely N-dealkylation sites (tertiary alicyclic amines) is 1. The lowest BCUT2D eigenvalue weighted by atomic mass is 9.99. The van der Waals surface area contributed by atoms with E-state index in [1.165, 1.54) is 25.9 Å². The largest absolute Gasteiger partial charge is 0.355 e. The minimum atomic E-state index is 0.00659. The molecule has 0 bridgehead atoms. The van der Waals surface area contributed by atoms with Gasteiger partial charge in [0.2, 0.25) is 5.91 Å². The van der Waals surface area contributed by atoms with Crippen molar-refractivity contribution < 1.29 is 4.79 Å². The van der Waals surface area contributed by atoms with Gasteiger partial charge in [-0.3, -0.25) is 14.5 Å². The van der Waals surface area contributed by atoms with Crippen LogP contribution in [0.25, 0.3) is 0 Å². The van der Waals surface area contributed by atoms with Crippen LogP contribution in [0.3, 0.4) is 0 Å². The second-order valence-electron chi connectivity index (χ2n) is 6.51. The lowest BCUT2D eigenvalue weighted by Gasteiger charge is -2.30. The molecule has 1 aliphatic heterocycles. The van der Waals surface area contributed by atoms with Crippen molar-refractivity contribution in [3.8, 4) is 0 Å². The average Bonchev–Trinajstić information content (AvgIpc) is 2.87. The summed E-state index contributed by atoms with van der Waals surface area (Å²) in [6, 6.07) is 0. The predicted molar refractivity (Wildman–Crippen MR) is 93.9 cm³/mol. The number of aromatic amines is 1. The standard InChI is InChI=1S/C16H29N5OS/c1-3-5-14-18-19-16(23)21(14)12-15(22)17-8-4-9-20-10-6-13(2)7-11-20/h13H,3-12H2,1-2H3,(H,17,22)(H,19,23). The maximum absolute atomic E-state index is 12.1. The third-order valence-electron chi connectivity index (χ3n) is 4.46. The number of rotatable bonds is 8. The van der Waals surface area contributed by atoms with E-state index in [9.17, 15) is 4.79 Å². The number of piperidine rings is 1.